The highest BCUT2D eigenvalue weighted by atomic mass is 19.4. The maximum Gasteiger partial charge on any atom is 0.418 e. The summed E-state index contributed by atoms with van der Waals surface area (Å²) in [4.78, 5) is 40.0. The van der Waals surface area contributed by atoms with Crippen molar-refractivity contribution >= 4 is 23.6 Å². The molecule has 2 aromatic rings. The summed E-state index contributed by atoms with van der Waals surface area (Å²) in [5.41, 5.74) is 5.29. The number of carbonyl (C=O) groups excluding carboxylic acids is 3. The van der Waals surface area contributed by atoms with Crippen LogP contribution in [0.1, 0.15) is 35.6 Å². The van der Waals surface area contributed by atoms with Crippen molar-refractivity contribution in [1.82, 2.24) is 9.80 Å². The second kappa shape index (κ2) is 8.82. The lowest BCUT2D eigenvalue weighted by Crippen LogP contribution is -2.51. The standard InChI is InChI=1S/C24H20F4N4O4/c1-13(24(26,27)28)31(11-14-2-4-15(25)5-3-14)20(33)12-32-21(34)23(36-22(32)35)9-8-16-17(10-29)19(30)7-6-18(16)23/h2-7,13H,8-9,11-12,30H2,1H3/t13-,23?/m0/s1. The summed E-state index contributed by atoms with van der Waals surface area (Å²) in [6.07, 6.45) is -5.79. The minimum atomic E-state index is -4.80. The Morgan fingerprint density at radius 2 is 1.92 bits per heavy atom. The number of anilines is 1. The van der Waals surface area contributed by atoms with Gasteiger partial charge in [-0.25, -0.2) is 14.1 Å². The van der Waals surface area contributed by atoms with Crippen molar-refractivity contribution in [1.29, 1.82) is 5.26 Å². The minimum Gasteiger partial charge on any atom is -0.427 e. The summed E-state index contributed by atoms with van der Waals surface area (Å²) >= 11 is 0. The van der Waals surface area contributed by atoms with Crippen LogP contribution in [0.4, 0.5) is 28.0 Å². The van der Waals surface area contributed by atoms with Crippen LogP contribution < -0.4 is 5.73 Å². The number of hydrogen-bond donors (Lipinski definition) is 1. The van der Waals surface area contributed by atoms with E-state index in [9.17, 15) is 37.2 Å². The van der Waals surface area contributed by atoms with Crippen molar-refractivity contribution < 1.29 is 36.7 Å². The van der Waals surface area contributed by atoms with Gasteiger partial charge in [-0.1, -0.05) is 18.2 Å². The monoisotopic (exact) mass is 504 g/mol. The molecule has 2 N–H and O–H groups in total. The summed E-state index contributed by atoms with van der Waals surface area (Å²) in [5, 5.41) is 9.42. The number of benzene rings is 2. The molecule has 2 aromatic carbocycles. The van der Waals surface area contributed by atoms with E-state index in [-0.39, 0.29) is 35.2 Å². The Morgan fingerprint density at radius 3 is 2.53 bits per heavy atom. The Labute approximate surface area is 202 Å². The summed E-state index contributed by atoms with van der Waals surface area (Å²) in [7, 11) is 0. The first-order chi connectivity index (χ1) is 16.9. The fraction of sp³-hybridized carbons (Fsp3) is 0.333. The lowest BCUT2D eigenvalue weighted by atomic mass is 9.93. The van der Waals surface area contributed by atoms with Crippen LogP contribution in [0.2, 0.25) is 0 Å². The number of nitriles is 1. The number of alkyl halides is 3. The molecule has 0 bridgehead atoms. The number of amides is 3. The van der Waals surface area contributed by atoms with E-state index in [1.54, 1.807) is 0 Å². The molecule has 1 unspecified atom stereocenters. The molecule has 0 saturated carbocycles. The third kappa shape index (κ3) is 4.10. The molecular weight excluding hydrogens is 484 g/mol. The number of ether oxygens (including phenoxy) is 1. The average Bonchev–Trinajstić information content (AvgIpc) is 3.30. The first-order valence-corrected chi connectivity index (χ1v) is 10.9. The second-order valence-electron chi connectivity index (χ2n) is 8.62. The number of hydrogen-bond acceptors (Lipinski definition) is 6. The van der Waals surface area contributed by atoms with E-state index in [0.717, 1.165) is 19.1 Å². The number of rotatable bonds is 5. The van der Waals surface area contributed by atoms with Gasteiger partial charge < -0.3 is 15.4 Å². The van der Waals surface area contributed by atoms with Crippen LogP contribution in [-0.2, 0) is 32.9 Å². The highest BCUT2D eigenvalue weighted by Gasteiger charge is 2.59. The van der Waals surface area contributed by atoms with E-state index in [2.05, 4.69) is 0 Å². The van der Waals surface area contributed by atoms with Crippen molar-refractivity contribution in [2.75, 3.05) is 12.3 Å². The van der Waals surface area contributed by atoms with Crippen LogP contribution in [-0.4, -0.2) is 46.5 Å². The van der Waals surface area contributed by atoms with Crippen molar-refractivity contribution in [3.8, 4) is 6.07 Å². The van der Waals surface area contributed by atoms with E-state index >= 15 is 0 Å². The van der Waals surface area contributed by atoms with Gasteiger partial charge in [0.1, 0.15) is 24.5 Å². The normalized spacial score (nSPS) is 19.7. The first kappa shape index (κ1) is 25.0. The molecule has 3 amide bonds. The number of imide groups is 1. The maximum atomic E-state index is 13.5. The van der Waals surface area contributed by atoms with Crippen molar-refractivity contribution in [3.63, 3.8) is 0 Å². The zero-order valence-corrected chi connectivity index (χ0v) is 18.9. The van der Waals surface area contributed by atoms with Gasteiger partial charge in [0.15, 0.2) is 0 Å². The summed E-state index contributed by atoms with van der Waals surface area (Å²) < 4.78 is 59.2. The summed E-state index contributed by atoms with van der Waals surface area (Å²) in [6, 6.07) is 7.11. The third-order valence-corrected chi connectivity index (χ3v) is 6.51. The topological polar surface area (TPSA) is 117 Å². The predicted molar refractivity (Wildman–Crippen MR) is 116 cm³/mol. The smallest absolute Gasteiger partial charge is 0.418 e. The van der Waals surface area contributed by atoms with Crippen LogP contribution in [0, 0.1) is 17.1 Å². The molecule has 2 atom stereocenters. The molecule has 1 spiro atoms. The van der Waals surface area contributed by atoms with Gasteiger partial charge in [0.05, 0.1) is 5.56 Å². The molecule has 188 valence electrons. The molecule has 1 saturated heterocycles. The highest BCUT2D eigenvalue weighted by Crippen LogP contribution is 2.47. The second-order valence-corrected chi connectivity index (χ2v) is 8.62. The summed E-state index contributed by atoms with van der Waals surface area (Å²) in [5.74, 6) is -2.66. The number of fused-ring (bicyclic) bond motifs is 2. The molecule has 2 aliphatic rings. The van der Waals surface area contributed by atoms with Crippen LogP contribution >= 0.6 is 0 Å². The molecule has 4 rings (SSSR count). The summed E-state index contributed by atoms with van der Waals surface area (Å²) in [6.45, 7) is -0.750. The number of nitrogens with zero attached hydrogens (tertiary/aromatic N) is 3. The van der Waals surface area contributed by atoms with Gasteiger partial charge in [-0.2, -0.15) is 18.4 Å². The van der Waals surface area contributed by atoms with E-state index in [1.165, 1.54) is 24.3 Å². The molecule has 1 fully saturated rings. The molecule has 36 heavy (non-hydrogen) atoms. The zero-order valence-electron chi connectivity index (χ0n) is 18.9. The Kier molecular flexibility index (Phi) is 6.12. The first-order valence-electron chi connectivity index (χ1n) is 10.9. The lowest BCUT2D eigenvalue weighted by molar-refractivity contribution is -0.187. The number of nitrogens with two attached hydrogens (primary N) is 1. The van der Waals surface area contributed by atoms with E-state index < -0.39 is 54.6 Å². The van der Waals surface area contributed by atoms with Gasteiger partial charge in [-0.05, 0) is 42.7 Å². The fourth-order valence-electron chi connectivity index (χ4n) is 4.52. The largest absolute Gasteiger partial charge is 0.427 e. The van der Waals surface area contributed by atoms with Gasteiger partial charge in [0.25, 0.3) is 5.91 Å². The Hall–Kier alpha value is -4.14. The predicted octanol–water partition coefficient (Wildman–Crippen LogP) is 3.38. The van der Waals surface area contributed by atoms with Crippen LogP contribution in [0.3, 0.4) is 0 Å². The molecule has 1 heterocycles. The molecule has 1 aliphatic heterocycles. The van der Waals surface area contributed by atoms with Crippen LogP contribution in [0.25, 0.3) is 0 Å². The number of carbonyl (C=O) groups is 3. The van der Waals surface area contributed by atoms with Gasteiger partial charge in [0.2, 0.25) is 11.5 Å². The number of halogens is 4. The van der Waals surface area contributed by atoms with Crippen molar-refractivity contribution in [2.24, 2.45) is 0 Å². The van der Waals surface area contributed by atoms with E-state index in [4.69, 9.17) is 10.5 Å². The van der Waals surface area contributed by atoms with E-state index in [0.29, 0.717) is 15.4 Å². The fourth-order valence-corrected chi connectivity index (χ4v) is 4.52. The molecule has 1 aliphatic carbocycles. The third-order valence-electron chi connectivity index (χ3n) is 6.51. The van der Waals surface area contributed by atoms with Crippen LogP contribution in [0.5, 0.6) is 0 Å². The molecule has 0 aromatic heterocycles. The van der Waals surface area contributed by atoms with Crippen molar-refractivity contribution in [2.45, 2.75) is 44.1 Å². The SMILES string of the molecule is C[C@H](N(Cc1ccc(F)cc1)C(=O)CN1C(=O)OC2(CCc3c2ccc(N)c3C#N)C1=O)C(F)(F)F. The quantitative estimate of drug-likeness (QED) is 0.493. The molecule has 8 nitrogen and oxygen atoms in total. The Bertz CT molecular complexity index is 1290. The Balaban J connectivity index is 1.62. The van der Waals surface area contributed by atoms with Gasteiger partial charge >= 0.3 is 12.3 Å². The van der Waals surface area contributed by atoms with Gasteiger partial charge in [-0.15, -0.1) is 0 Å². The van der Waals surface area contributed by atoms with Crippen LogP contribution in [0.15, 0.2) is 36.4 Å². The minimum absolute atomic E-state index is 0.00597. The van der Waals surface area contributed by atoms with Gasteiger partial charge in [-0.3, -0.25) is 9.59 Å². The average molecular weight is 504 g/mol. The van der Waals surface area contributed by atoms with E-state index in [1.807, 2.05) is 6.07 Å². The molecular formula is C24H20F4N4O4. The maximum absolute atomic E-state index is 13.5. The zero-order chi connectivity index (χ0) is 26.4. The highest BCUT2D eigenvalue weighted by molar-refractivity contribution is 6.06. The molecule has 0 radical (unpaired) electrons. The van der Waals surface area contributed by atoms with Gasteiger partial charge in [0, 0.05) is 24.2 Å². The molecule has 12 heteroatoms. The Morgan fingerprint density at radius 1 is 1.25 bits per heavy atom. The number of nitrogen functional groups attached to an aromatic ring is 1. The van der Waals surface area contributed by atoms with Crippen molar-refractivity contribution in [3.05, 3.63) is 64.5 Å². The lowest BCUT2D eigenvalue weighted by Gasteiger charge is -2.31.